The van der Waals surface area contributed by atoms with Crippen LogP contribution in [0.2, 0.25) is 0 Å². The van der Waals surface area contributed by atoms with Gasteiger partial charge in [0.25, 0.3) is 0 Å². The molecule has 1 aliphatic carbocycles. The molecule has 1 saturated carbocycles. The summed E-state index contributed by atoms with van der Waals surface area (Å²) in [5.41, 5.74) is 0. The molecule has 0 bridgehead atoms. The van der Waals surface area contributed by atoms with Gasteiger partial charge in [0.2, 0.25) is 5.91 Å². The van der Waals surface area contributed by atoms with E-state index in [0.717, 1.165) is 58.1 Å². The van der Waals surface area contributed by atoms with Crippen molar-refractivity contribution >= 4 is 5.91 Å². The van der Waals surface area contributed by atoms with Gasteiger partial charge < -0.3 is 14.2 Å². The van der Waals surface area contributed by atoms with Crippen molar-refractivity contribution in [3.8, 4) is 0 Å². The van der Waals surface area contributed by atoms with Crippen LogP contribution >= 0.6 is 0 Å². The van der Waals surface area contributed by atoms with Gasteiger partial charge in [0, 0.05) is 51.5 Å². The number of aromatic nitrogens is 2. The number of hydrogen-bond acceptors (Lipinski definition) is 4. The molecule has 0 atom stereocenters. The second kappa shape index (κ2) is 8.62. The summed E-state index contributed by atoms with van der Waals surface area (Å²) in [6.07, 6.45) is 9.51. The highest BCUT2D eigenvalue weighted by Gasteiger charge is 2.27. The van der Waals surface area contributed by atoms with Gasteiger partial charge in [-0.05, 0) is 12.8 Å². The lowest BCUT2D eigenvalue weighted by molar-refractivity contribution is -0.137. The van der Waals surface area contributed by atoms with Gasteiger partial charge >= 0.3 is 0 Å². The highest BCUT2D eigenvalue weighted by atomic mass is 16.5. The first-order valence-electron chi connectivity index (χ1n) is 9.29. The van der Waals surface area contributed by atoms with Crippen LogP contribution in [0.25, 0.3) is 0 Å². The largest absolute Gasteiger partial charge is 0.379 e. The molecule has 1 amide bonds. The van der Waals surface area contributed by atoms with Gasteiger partial charge in [-0.25, -0.2) is 4.98 Å². The van der Waals surface area contributed by atoms with Crippen molar-refractivity contribution in [2.75, 3.05) is 39.4 Å². The highest BCUT2D eigenvalue weighted by Crippen LogP contribution is 2.26. The molecule has 6 heteroatoms. The first-order chi connectivity index (χ1) is 11.7. The minimum Gasteiger partial charge on any atom is -0.379 e. The number of aryl methyl sites for hydroxylation is 1. The van der Waals surface area contributed by atoms with E-state index in [4.69, 9.17) is 4.74 Å². The molecule has 24 heavy (non-hydrogen) atoms. The van der Waals surface area contributed by atoms with E-state index in [1.165, 1.54) is 19.3 Å². The summed E-state index contributed by atoms with van der Waals surface area (Å²) in [6.45, 7) is 5.85. The maximum absolute atomic E-state index is 13.1. The predicted octanol–water partition coefficient (Wildman–Crippen LogP) is 1.66. The highest BCUT2D eigenvalue weighted by molar-refractivity contribution is 5.78. The smallest absolute Gasteiger partial charge is 0.226 e. The molecule has 2 fully saturated rings. The van der Waals surface area contributed by atoms with Gasteiger partial charge in [0.05, 0.1) is 19.8 Å². The van der Waals surface area contributed by atoms with Gasteiger partial charge in [-0.3, -0.25) is 9.69 Å². The number of amides is 1. The average molecular weight is 334 g/mol. The van der Waals surface area contributed by atoms with Gasteiger partial charge in [-0.1, -0.05) is 19.3 Å². The van der Waals surface area contributed by atoms with Crippen molar-refractivity contribution in [1.82, 2.24) is 19.4 Å². The van der Waals surface area contributed by atoms with Crippen LogP contribution in [0, 0.1) is 5.92 Å². The van der Waals surface area contributed by atoms with Crippen molar-refractivity contribution in [2.24, 2.45) is 13.0 Å². The molecule has 0 unspecified atom stereocenters. The average Bonchev–Trinajstić information content (AvgIpc) is 3.04. The number of ether oxygens (including phenoxy) is 1. The molecule has 1 aliphatic heterocycles. The Bertz CT molecular complexity index is 519. The third kappa shape index (κ3) is 4.57. The molecule has 0 aromatic carbocycles. The van der Waals surface area contributed by atoms with Crippen LogP contribution in [0.4, 0.5) is 0 Å². The Morgan fingerprint density at radius 1 is 1.29 bits per heavy atom. The van der Waals surface area contributed by atoms with Crippen molar-refractivity contribution in [2.45, 2.75) is 38.6 Å². The molecule has 6 nitrogen and oxygen atoms in total. The second-order valence-corrected chi connectivity index (χ2v) is 7.00. The summed E-state index contributed by atoms with van der Waals surface area (Å²) < 4.78 is 7.42. The van der Waals surface area contributed by atoms with Crippen LogP contribution in [0.5, 0.6) is 0 Å². The fraction of sp³-hybridized carbons (Fsp3) is 0.778. The van der Waals surface area contributed by atoms with E-state index in [-0.39, 0.29) is 5.92 Å². The van der Waals surface area contributed by atoms with Crippen LogP contribution in [0.3, 0.4) is 0 Å². The first kappa shape index (κ1) is 17.4. The van der Waals surface area contributed by atoms with Crippen LogP contribution in [0.1, 0.15) is 37.9 Å². The monoisotopic (exact) mass is 334 g/mol. The molecule has 0 radical (unpaired) electrons. The SMILES string of the molecule is Cn1ccnc1CN(CCN1CCOCC1)C(=O)C1CCCCC1. The van der Waals surface area contributed by atoms with Gasteiger partial charge in [-0.2, -0.15) is 0 Å². The summed E-state index contributed by atoms with van der Waals surface area (Å²) in [5.74, 6) is 1.50. The summed E-state index contributed by atoms with van der Waals surface area (Å²) in [4.78, 5) is 21.9. The number of nitrogens with zero attached hydrogens (tertiary/aromatic N) is 4. The Kier molecular flexibility index (Phi) is 6.26. The topological polar surface area (TPSA) is 50.6 Å². The molecule has 3 rings (SSSR count). The van der Waals surface area contributed by atoms with Crippen molar-refractivity contribution in [3.05, 3.63) is 18.2 Å². The molecule has 1 saturated heterocycles. The third-order valence-corrected chi connectivity index (χ3v) is 5.31. The van der Waals surface area contributed by atoms with Gasteiger partial charge in [0.1, 0.15) is 5.82 Å². The Morgan fingerprint density at radius 2 is 2.04 bits per heavy atom. The predicted molar refractivity (Wildman–Crippen MR) is 92.5 cm³/mol. The Labute approximate surface area is 144 Å². The van der Waals surface area contributed by atoms with E-state index in [1.807, 2.05) is 22.7 Å². The lowest BCUT2D eigenvalue weighted by Gasteiger charge is -2.32. The molecule has 2 heterocycles. The minimum absolute atomic E-state index is 0.212. The van der Waals surface area contributed by atoms with E-state index >= 15 is 0 Å². The molecule has 2 aliphatic rings. The van der Waals surface area contributed by atoms with Crippen LogP contribution in [-0.4, -0.2) is 64.7 Å². The lowest BCUT2D eigenvalue weighted by Crippen LogP contribution is -2.44. The number of carbonyl (C=O) groups excluding carboxylic acids is 1. The molecule has 0 spiro atoms. The fourth-order valence-electron chi connectivity index (χ4n) is 3.68. The third-order valence-electron chi connectivity index (χ3n) is 5.31. The summed E-state index contributed by atoms with van der Waals surface area (Å²) in [7, 11) is 1.99. The molecule has 1 aromatic heterocycles. The van der Waals surface area contributed by atoms with Crippen LogP contribution < -0.4 is 0 Å². The number of morpholine rings is 1. The second-order valence-electron chi connectivity index (χ2n) is 7.00. The minimum atomic E-state index is 0.212. The number of carbonyl (C=O) groups is 1. The zero-order chi connectivity index (χ0) is 16.8. The summed E-state index contributed by atoms with van der Waals surface area (Å²) in [6, 6.07) is 0. The van der Waals surface area contributed by atoms with E-state index in [2.05, 4.69) is 9.88 Å². The van der Waals surface area contributed by atoms with Gasteiger partial charge in [-0.15, -0.1) is 0 Å². The van der Waals surface area contributed by atoms with E-state index in [0.29, 0.717) is 12.5 Å². The van der Waals surface area contributed by atoms with Gasteiger partial charge in [0.15, 0.2) is 0 Å². The summed E-state index contributed by atoms with van der Waals surface area (Å²) >= 11 is 0. The molecular weight excluding hydrogens is 304 g/mol. The normalized spacial score (nSPS) is 20.2. The number of imidazole rings is 1. The van der Waals surface area contributed by atoms with E-state index < -0.39 is 0 Å². The van der Waals surface area contributed by atoms with Crippen molar-refractivity contribution in [1.29, 1.82) is 0 Å². The zero-order valence-corrected chi connectivity index (χ0v) is 14.8. The number of hydrogen-bond donors (Lipinski definition) is 0. The number of rotatable bonds is 6. The van der Waals surface area contributed by atoms with Crippen LogP contribution in [-0.2, 0) is 23.1 Å². The maximum Gasteiger partial charge on any atom is 0.226 e. The quantitative estimate of drug-likeness (QED) is 0.794. The standard InChI is InChI=1S/C18H30N4O2/c1-20-8-7-19-17(20)15-22(10-9-21-11-13-24-14-12-21)18(23)16-5-3-2-4-6-16/h7-8,16H,2-6,9-15H2,1H3. The van der Waals surface area contributed by atoms with Crippen molar-refractivity contribution < 1.29 is 9.53 Å². The first-order valence-corrected chi connectivity index (χ1v) is 9.29. The fourth-order valence-corrected chi connectivity index (χ4v) is 3.68. The molecular formula is C18H30N4O2. The summed E-state index contributed by atoms with van der Waals surface area (Å²) in [5, 5.41) is 0. The van der Waals surface area contributed by atoms with E-state index in [1.54, 1.807) is 6.20 Å². The lowest BCUT2D eigenvalue weighted by atomic mass is 9.88. The maximum atomic E-state index is 13.1. The zero-order valence-electron chi connectivity index (χ0n) is 14.8. The Balaban J connectivity index is 1.62. The Morgan fingerprint density at radius 3 is 2.71 bits per heavy atom. The molecule has 0 N–H and O–H groups in total. The molecule has 1 aromatic rings. The Hall–Kier alpha value is -1.40. The molecule has 134 valence electrons. The van der Waals surface area contributed by atoms with E-state index in [9.17, 15) is 4.79 Å². The van der Waals surface area contributed by atoms with Crippen LogP contribution in [0.15, 0.2) is 12.4 Å². The van der Waals surface area contributed by atoms with Crippen molar-refractivity contribution in [3.63, 3.8) is 0 Å².